The van der Waals surface area contributed by atoms with Gasteiger partial charge in [-0.2, -0.15) is 0 Å². The highest BCUT2D eigenvalue weighted by molar-refractivity contribution is 6.76. The molecule has 0 radical (unpaired) electrons. The average molecular weight is 635 g/mol. The number of carbonyl (C=O) groups is 1. The van der Waals surface area contributed by atoms with Crippen LogP contribution in [0.1, 0.15) is 41.6 Å². The Balaban J connectivity index is 1.29. The molecule has 2 aliphatic heterocycles. The number of ether oxygens (including phenoxy) is 2. The van der Waals surface area contributed by atoms with Gasteiger partial charge in [-0.3, -0.25) is 9.69 Å². The second kappa shape index (κ2) is 13.9. The number of hydrogen-bond donors (Lipinski definition) is 2. The maximum Gasteiger partial charge on any atom is 0.272 e. The standard InChI is InChI=1S/C30H34Cl3N5O4/c1-20-25(18-37-13-15-38(16-14-37)29-34-11-2-12-35-29)41-27(42-26(20)23-7-5-22(19-39)6-8-23)24-9-3-21(4-10-24)17-36-28(40)30(31,32)33/h2-12,20,25-27,39H,13-19H2,1H3,(H,36,40)/t20-,25+,26+,27+/m0/s1. The number of rotatable bonds is 8. The molecule has 0 unspecified atom stereocenters. The van der Waals surface area contributed by atoms with E-state index in [2.05, 4.69) is 32.0 Å². The first-order valence-electron chi connectivity index (χ1n) is 13.9. The summed E-state index contributed by atoms with van der Waals surface area (Å²) in [7, 11) is 0. The lowest BCUT2D eigenvalue weighted by Crippen LogP contribution is -2.51. The van der Waals surface area contributed by atoms with Gasteiger partial charge in [-0.25, -0.2) is 9.97 Å². The maximum absolute atomic E-state index is 11.9. The summed E-state index contributed by atoms with van der Waals surface area (Å²) in [6, 6.07) is 17.4. The van der Waals surface area contributed by atoms with E-state index >= 15 is 0 Å². The molecule has 0 aliphatic carbocycles. The minimum absolute atomic E-state index is 0.00974. The van der Waals surface area contributed by atoms with Gasteiger partial charge in [0.1, 0.15) is 0 Å². The molecule has 2 aromatic carbocycles. The summed E-state index contributed by atoms with van der Waals surface area (Å²) >= 11 is 17.0. The van der Waals surface area contributed by atoms with Crippen LogP contribution in [0.4, 0.5) is 5.95 Å². The first kappa shape index (κ1) is 30.9. The summed E-state index contributed by atoms with van der Waals surface area (Å²) in [6.07, 6.45) is 2.66. The summed E-state index contributed by atoms with van der Waals surface area (Å²) in [6.45, 7) is 6.57. The lowest BCUT2D eigenvalue weighted by Gasteiger charge is -2.44. The summed E-state index contributed by atoms with van der Waals surface area (Å²) < 4.78 is 11.2. The smallest absolute Gasteiger partial charge is 0.272 e. The van der Waals surface area contributed by atoms with Crippen molar-refractivity contribution in [3.05, 3.63) is 89.2 Å². The first-order chi connectivity index (χ1) is 20.2. The number of aromatic nitrogens is 2. The molecule has 224 valence electrons. The molecule has 4 atom stereocenters. The minimum atomic E-state index is -2.01. The van der Waals surface area contributed by atoms with E-state index in [0.717, 1.165) is 60.9 Å². The van der Waals surface area contributed by atoms with Crippen LogP contribution >= 0.6 is 34.8 Å². The number of nitrogens with zero attached hydrogens (tertiary/aromatic N) is 4. The fourth-order valence-electron chi connectivity index (χ4n) is 5.24. The molecule has 2 fully saturated rings. The Morgan fingerprint density at radius 1 is 0.952 bits per heavy atom. The number of benzene rings is 2. The third kappa shape index (κ3) is 7.71. The van der Waals surface area contributed by atoms with Gasteiger partial charge >= 0.3 is 0 Å². The molecule has 2 aliphatic rings. The number of piperazine rings is 1. The van der Waals surface area contributed by atoms with Crippen molar-refractivity contribution in [2.45, 2.75) is 42.4 Å². The lowest BCUT2D eigenvalue weighted by molar-refractivity contribution is -0.276. The largest absolute Gasteiger partial charge is 0.392 e. The number of aliphatic hydroxyl groups is 1. The molecule has 1 amide bonds. The summed E-state index contributed by atoms with van der Waals surface area (Å²) in [4.78, 5) is 25.3. The molecule has 3 heterocycles. The maximum atomic E-state index is 11.9. The number of carbonyl (C=O) groups excluding carboxylic acids is 1. The Morgan fingerprint density at radius 3 is 2.19 bits per heavy atom. The van der Waals surface area contributed by atoms with E-state index in [1.807, 2.05) is 54.6 Å². The second-order valence-electron chi connectivity index (χ2n) is 10.6. The minimum Gasteiger partial charge on any atom is -0.392 e. The van der Waals surface area contributed by atoms with Crippen LogP contribution in [0.25, 0.3) is 0 Å². The lowest BCUT2D eigenvalue weighted by atomic mass is 9.90. The number of nitrogens with one attached hydrogen (secondary N) is 1. The summed E-state index contributed by atoms with van der Waals surface area (Å²) in [5.41, 5.74) is 3.60. The molecule has 5 rings (SSSR count). The second-order valence-corrected chi connectivity index (χ2v) is 12.9. The molecule has 2 saturated heterocycles. The third-order valence-corrected chi connectivity index (χ3v) is 8.25. The molecule has 0 spiro atoms. The van der Waals surface area contributed by atoms with Gasteiger partial charge in [-0.1, -0.05) is 90.3 Å². The quantitative estimate of drug-likeness (QED) is 0.348. The Bertz CT molecular complexity index is 1300. The van der Waals surface area contributed by atoms with Gasteiger partial charge in [0.15, 0.2) is 6.29 Å². The van der Waals surface area contributed by atoms with Crippen molar-refractivity contribution in [2.24, 2.45) is 5.92 Å². The zero-order chi connectivity index (χ0) is 29.7. The molecule has 2 N–H and O–H groups in total. The number of amides is 1. The fraction of sp³-hybridized carbons (Fsp3) is 0.433. The van der Waals surface area contributed by atoms with Gasteiger partial charge in [0.05, 0.1) is 18.8 Å². The van der Waals surface area contributed by atoms with Crippen LogP contribution < -0.4 is 10.2 Å². The Kier molecular flexibility index (Phi) is 10.2. The van der Waals surface area contributed by atoms with E-state index in [1.54, 1.807) is 12.4 Å². The first-order valence-corrected chi connectivity index (χ1v) is 15.0. The van der Waals surface area contributed by atoms with Gasteiger partial charge in [-0.15, -0.1) is 0 Å². The van der Waals surface area contributed by atoms with Crippen molar-refractivity contribution in [1.29, 1.82) is 0 Å². The van der Waals surface area contributed by atoms with Crippen molar-refractivity contribution in [3.8, 4) is 0 Å². The number of aliphatic hydroxyl groups excluding tert-OH is 1. The molecule has 9 nitrogen and oxygen atoms in total. The SMILES string of the molecule is C[C@H]1[C@@H](CN2CCN(c3ncccn3)CC2)O[C@@H](c2ccc(CNC(=O)C(Cl)(Cl)Cl)cc2)O[C@H]1c1ccc(CO)cc1. The van der Waals surface area contributed by atoms with E-state index in [9.17, 15) is 9.90 Å². The number of anilines is 1. The van der Waals surface area contributed by atoms with Crippen LogP contribution in [-0.4, -0.2) is 68.5 Å². The fourth-order valence-corrected chi connectivity index (χ4v) is 5.44. The van der Waals surface area contributed by atoms with Gasteiger partial charge in [0.2, 0.25) is 5.95 Å². The van der Waals surface area contributed by atoms with Crippen molar-refractivity contribution >= 4 is 46.7 Å². The van der Waals surface area contributed by atoms with Crippen LogP contribution in [-0.2, 0) is 27.4 Å². The van der Waals surface area contributed by atoms with Crippen LogP contribution in [0.2, 0.25) is 0 Å². The van der Waals surface area contributed by atoms with Crippen LogP contribution in [0.5, 0.6) is 0 Å². The number of alkyl halides is 3. The molecule has 0 bridgehead atoms. The molecule has 42 heavy (non-hydrogen) atoms. The average Bonchev–Trinajstić information content (AvgIpc) is 3.01. The Hall–Kier alpha value is -2.50. The Labute approximate surface area is 260 Å². The van der Waals surface area contributed by atoms with Crippen LogP contribution in [0, 0.1) is 5.92 Å². The zero-order valence-corrected chi connectivity index (χ0v) is 25.5. The molecular weight excluding hydrogens is 601 g/mol. The van der Waals surface area contributed by atoms with E-state index < -0.39 is 16.0 Å². The molecule has 0 saturated carbocycles. The van der Waals surface area contributed by atoms with Gasteiger partial charge < -0.3 is 24.8 Å². The van der Waals surface area contributed by atoms with E-state index in [-0.39, 0.29) is 31.3 Å². The normalized spacial score (nSPS) is 23.5. The van der Waals surface area contributed by atoms with Crippen molar-refractivity contribution in [2.75, 3.05) is 37.6 Å². The predicted molar refractivity (Wildman–Crippen MR) is 162 cm³/mol. The topological polar surface area (TPSA) is 100 Å². The monoisotopic (exact) mass is 633 g/mol. The van der Waals surface area contributed by atoms with Crippen molar-refractivity contribution < 1.29 is 19.4 Å². The highest BCUT2D eigenvalue weighted by atomic mass is 35.6. The highest BCUT2D eigenvalue weighted by Gasteiger charge is 2.39. The number of hydrogen-bond acceptors (Lipinski definition) is 8. The molecule has 3 aromatic rings. The summed E-state index contributed by atoms with van der Waals surface area (Å²) in [5, 5.41) is 12.1. The third-order valence-electron chi connectivity index (χ3n) is 7.73. The zero-order valence-electron chi connectivity index (χ0n) is 23.2. The highest BCUT2D eigenvalue weighted by Crippen LogP contribution is 2.42. The van der Waals surface area contributed by atoms with Crippen molar-refractivity contribution in [1.82, 2.24) is 20.2 Å². The van der Waals surface area contributed by atoms with E-state index in [0.29, 0.717) is 0 Å². The van der Waals surface area contributed by atoms with Crippen molar-refractivity contribution in [3.63, 3.8) is 0 Å². The van der Waals surface area contributed by atoms with Crippen LogP contribution in [0.15, 0.2) is 67.0 Å². The van der Waals surface area contributed by atoms with Gasteiger partial charge in [0.25, 0.3) is 9.70 Å². The molecular formula is C30H34Cl3N5O4. The molecule has 1 aromatic heterocycles. The predicted octanol–water partition coefficient (Wildman–Crippen LogP) is 4.57. The Morgan fingerprint density at radius 2 is 1.57 bits per heavy atom. The summed E-state index contributed by atoms with van der Waals surface area (Å²) in [5.74, 6) is 0.155. The number of halogens is 3. The van der Waals surface area contributed by atoms with E-state index in [1.165, 1.54) is 0 Å². The van der Waals surface area contributed by atoms with Gasteiger partial charge in [0, 0.05) is 63.1 Å². The van der Waals surface area contributed by atoms with Gasteiger partial charge in [-0.05, 0) is 22.8 Å². The van der Waals surface area contributed by atoms with E-state index in [4.69, 9.17) is 44.3 Å². The van der Waals surface area contributed by atoms with Crippen LogP contribution in [0.3, 0.4) is 0 Å². The molecule has 12 heteroatoms.